The van der Waals surface area contributed by atoms with Crippen molar-refractivity contribution in [2.45, 2.75) is 148 Å². The number of ether oxygens (including phenoxy) is 2. The average molecular weight is 688 g/mol. The number of hydrogen-bond acceptors (Lipinski definition) is 9. The minimum absolute atomic E-state index is 0.142. The maximum Gasteiger partial charge on any atom is 0.472 e. The van der Waals surface area contributed by atoms with Crippen molar-refractivity contribution >= 4 is 25.7 Å². The molecule has 0 aromatic carbocycles. The zero-order valence-corrected chi connectivity index (χ0v) is 29.8. The van der Waals surface area contributed by atoms with Gasteiger partial charge in [-0.15, -0.1) is 0 Å². The van der Waals surface area contributed by atoms with Crippen LogP contribution in [0.2, 0.25) is 0 Å². The van der Waals surface area contributed by atoms with E-state index < -0.39 is 51.1 Å². The highest BCUT2D eigenvalue weighted by Gasteiger charge is 2.28. The zero-order chi connectivity index (χ0) is 35.0. The Morgan fingerprint density at radius 2 is 1.19 bits per heavy atom. The van der Waals surface area contributed by atoms with E-state index in [9.17, 15) is 23.8 Å². The standard InChI is InChI=1S/C35H62NO10P/c1-3-5-7-9-11-13-14-15-16-17-18-19-21-23-25-27-34(38)46-31(29-44-47(41,42)45-30-32(36)35(39)40)28-43-33(37)26-24-22-20-12-10-8-6-4-2/h5,7,11,13,15-16,31-32H,3-4,6,8-10,12,14,17-30,36H2,1-2H3,(H,39,40)(H,41,42)/b7-5+,13-11+,16-15+/t31-,32-/m0/s1. The first-order chi connectivity index (χ1) is 22.6. The lowest BCUT2D eigenvalue weighted by Gasteiger charge is -2.20. The summed E-state index contributed by atoms with van der Waals surface area (Å²) in [6.45, 7) is 2.60. The number of hydrogen-bond donors (Lipinski definition) is 3. The van der Waals surface area contributed by atoms with Gasteiger partial charge in [0, 0.05) is 12.8 Å². The van der Waals surface area contributed by atoms with E-state index >= 15 is 0 Å². The number of phosphoric ester groups is 1. The van der Waals surface area contributed by atoms with Gasteiger partial charge in [-0.25, -0.2) is 4.57 Å². The number of rotatable bonds is 32. The number of nitrogens with two attached hydrogens (primary N) is 1. The van der Waals surface area contributed by atoms with Crippen LogP contribution in [0.3, 0.4) is 0 Å². The number of carboxylic acids is 1. The van der Waals surface area contributed by atoms with Crippen LogP contribution in [0.5, 0.6) is 0 Å². The van der Waals surface area contributed by atoms with Gasteiger partial charge in [-0.3, -0.25) is 23.4 Å². The van der Waals surface area contributed by atoms with Gasteiger partial charge in [-0.1, -0.05) is 115 Å². The van der Waals surface area contributed by atoms with Crippen LogP contribution in [0, 0.1) is 0 Å². The van der Waals surface area contributed by atoms with Gasteiger partial charge in [0.05, 0.1) is 13.2 Å². The summed E-state index contributed by atoms with van der Waals surface area (Å²) >= 11 is 0. The molecule has 0 saturated carbocycles. The molecule has 4 N–H and O–H groups in total. The molecule has 0 rings (SSSR count). The van der Waals surface area contributed by atoms with E-state index in [1.54, 1.807) is 0 Å². The van der Waals surface area contributed by atoms with E-state index in [0.717, 1.165) is 70.6 Å². The number of phosphoric acid groups is 1. The van der Waals surface area contributed by atoms with Gasteiger partial charge < -0.3 is 25.2 Å². The molecule has 0 aliphatic rings. The fourth-order valence-corrected chi connectivity index (χ4v) is 5.15. The van der Waals surface area contributed by atoms with Crippen molar-refractivity contribution < 1.29 is 47.5 Å². The SMILES string of the molecule is CC/C=C/C/C=C/C/C=C/CCCCCCCC(=O)O[C@@H](COC(=O)CCCCCCCCCC)COP(=O)(O)OC[C@H](N)C(=O)O. The van der Waals surface area contributed by atoms with Gasteiger partial charge in [0.15, 0.2) is 6.10 Å². The van der Waals surface area contributed by atoms with E-state index in [4.69, 9.17) is 24.8 Å². The fraction of sp³-hybridized carbons (Fsp3) is 0.743. The van der Waals surface area contributed by atoms with E-state index in [0.29, 0.717) is 12.8 Å². The van der Waals surface area contributed by atoms with E-state index in [1.165, 1.54) is 25.7 Å². The molecule has 11 nitrogen and oxygen atoms in total. The number of unbranched alkanes of at least 4 members (excludes halogenated alkanes) is 12. The van der Waals surface area contributed by atoms with Crippen LogP contribution in [0.4, 0.5) is 0 Å². The molecule has 0 aromatic rings. The third kappa shape index (κ3) is 30.8. The average Bonchev–Trinajstić information content (AvgIpc) is 3.04. The van der Waals surface area contributed by atoms with E-state index in [1.807, 2.05) is 0 Å². The Hall–Kier alpha value is -2.30. The molecule has 47 heavy (non-hydrogen) atoms. The summed E-state index contributed by atoms with van der Waals surface area (Å²) in [6.07, 6.45) is 29.5. The second-order valence-corrected chi connectivity index (χ2v) is 13.1. The Bertz CT molecular complexity index is 953. The third-order valence-electron chi connectivity index (χ3n) is 7.15. The highest BCUT2D eigenvalue weighted by atomic mass is 31.2. The molecule has 1 unspecified atom stereocenters. The highest BCUT2D eigenvalue weighted by Crippen LogP contribution is 2.43. The van der Waals surface area contributed by atoms with Gasteiger partial charge in [0.25, 0.3) is 0 Å². The van der Waals surface area contributed by atoms with E-state index in [-0.39, 0.29) is 19.4 Å². The van der Waals surface area contributed by atoms with Crippen LogP contribution in [0.25, 0.3) is 0 Å². The summed E-state index contributed by atoms with van der Waals surface area (Å²) in [5.41, 5.74) is 5.30. The summed E-state index contributed by atoms with van der Waals surface area (Å²) in [6, 6.07) is -1.52. The molecular formula is C35H62NO10P. The molecule has 0 spiro atoms. The predicted octanol–water partition coefficient (Wildman–Crippen LogP) is 8.11. The molecule has 12 heteroatoms. The first kappa shape index (κ1) is 44.7. The molecule has 0 saturated heterocycles. The molecule has 0 bridgehead atoms. The zero-order valence-electron chi connectivity index (χ0n) is 28.9. The van der Waals surface area contributed by atoms with Crippen LogP contribution in [-0.2, 0) is 37.5 Å². The predicted molar refractivity (Wildman–Crippen MR) is 185 cm³/mol. The lowest BCUT2D eigenvalue weighted by atomic mass is 10.1. The summed E-state index contributed by atoms with van der Waals surface area (Å²) in [5.74, 6) is -2.41. The van der Waals surface area contributed by atoms with Crippen LogP contribution < -0.4 is 5.73 Å². The minimum atomic E-state index is -4.71. The van der Waals surface area contributed by atoms with Crippen molar-refractivity contribution in [3.05, 3.63) is 36.5 Å². The van der Waals surface area contributed by atoms with Crippen LogP contribution in [-0.4, -0.2) is 59.9 Å². The Labute approximate surface area is 282 Å². The molecule has 0 fully saturated rings. The maximum absolute atomic E-state index is 12.5. The first-order valence-electron chi connectivity index (χ1n) is 17.5. The van der Waals surface area contributed by atoms with Crippen molar-refractivity contribution in [3.63, 3.8) is 0 Å². The largest absolute Gasteiger partial charge is 0.480 e. The molecule has 0 heterocycles. The van der Waals surface area contributed by atoms with Crippen molar-refractivity contribution in [2.75, 3.05) is 19.8 Å². The van der Waals surface area contributed by atoms with Crippen molar-refractivity contribution in [1.82, 2.24) is 0 Å². The topological polar surface area (TPSA) is 172 Å². The normalized spacial score (nSPS) is 14.5. The van der Waals surface area contributed by atoms with Gasteiger partial charge in [0.2, 0.25) is 0 Å². The number of esters is 2. The highest BCUT2D eigenvalue weighted by molar-refractivity contribution is 7.47. The Balaban J connectivity index is 4.50. The van der Waals surface area contributed by atoms with Gasteiger partial charge in [0.1, 0.15) is 12.6 Å². The number of carbonyl (C=O) groups is 3. The smallest absolute Gasteiger partial charge is 0.472 e. The number of allylic oxidation sites excluding steroid dienone is 6. The minimum Gasteiger partial charge on any atom is -0.480 e. The van der Waals surface area contributed by atoms with E-state index in [2.05, 4.69) is 54.8 Å². The van der Waals surface area contributed by atoms with Crippen LogP contribution in [0.15, 0.2) is 36.5 Å². The third-order valence-corrected chi connectivity index (χ3v) is 8.10. The van der Waals surface area contributed by atoms with Gasteiger partial charge in [-0.2, -0.15) is 0 Å². The lowest BCUT2D eigenvalue weighted by Crippen LogP contribution is -2.34. The van der Waals surface area contributed by atoms with Crippen LogP contribution >= 0.6 is 7.82 Å². The van der Waals surface area contributed by atoms with Crippen molar-refractivity contribution in [2.24, 2.45) is 5.73 Å². The van der Waals surface area contributed by atoms with Crippen molar-refractivity contribution in [1.29, 1.82) is 0 Å². The second-order valence-electron chi connectivity index (χ2n) is 11.6. The van der Waals surface area contributed by atoms with Crippen LogP contribution in [0.1, 0.15) is 136 Å². The monoisotopic (exact) mass is 687 g/mol. The first-order valence-corrected chi connectivity index (χ1v) is 19.0. The Morgan fingerprint density at radius 1 is 0.681 bits per heavy atom. The molecule has 0 aliphatic heterocycles. The van der Waals surface area contributed by atoms with Crippen molar-refractivity contribution in [3.8, 4) is 0 Å². The lowest BCUT2D eigenvalue weighted by molar-refractivity contribution is -0.161. The summed E-state index contributed by atoms with van der Waals surface area (Å²) < 4.78 is 32.4. The molecule has 3 atom stereocenters. The number of carboxylic acid groups (broad SMARTS) is 1. The van der Waals surface area contributed by atoms with Gasteiger partial charge in [-0.05, 0) is 44.9 Å². The molecule has 0 amide bonds. The number of carbonyl (C=O) groups excluding carboxylic acids is 2. The quantitative estimate of drug-likeness (QED) is 0.0270. The fourth-order valence-electron chi connectivity index (χ4n) is 4.37. The molecule has 0 aliphatic carbocycles. The second kappa shape index (κ2) is 31.0. The summed E-state index contributed by atoms with van der Waals surface area (Å²) in [4.78, 5) is 45.5. The molecular weight excluding hydrogens is 625 g/mol. The Kier molecular flexibility index (Phi) is 29.5. The molecule has 272 valence electrons. The van der Waals surface area contributed by atoms with Gasteiger partial charge >= 0.3 is 25.7 Å². The molecule has 0 radical (unpaired) electrons. The maximum atomic E-state index is 12.5. The molecule has 0 aromatic heterocycles. The summed E-state index contributed by atoms with van der Waals surface area (Å²) in [5, 5.41) is 8.83. The Morgan fingerprint density at radius 3 is 1.79 bits per heavy atom. The summed E-state index contributed by atoms with van der Waals surface area (Å²) in [7, 11) is -4.71. The number of aliphatic carboxylic acids is 1.